The van der Waals surface area contributed by atoms with Crippen LogP contribution in [-0.4, -0.2) is 36.4 Å². The van der Waals surface area contributed by atoms with Gasteiger partial charge in [0.05, 0.1) is 15.5 Å². The van der Waals surface area contributed by atoms with Crippen LogP contribution in [0.3, 0.4) is 0 Å². The zero-order valence-corrected chi connectivity index (χ0v) is 18.1. The van der Waals surface area contributed by atoms with Crippen molar-refractivity contribution in [2.75, 3.05) is 18.5 Å². The summed E-state index contributed by atoms with van der Waals surface area (Å²) >= 11 is 3.43. The van der Waals surface area contributed by atoms with Crippen molar-refractivity contribution in [2.24, 2.45) is 5.10 Å². The van der Waals surface area contributed by atoms with E-state index in [1.54, 1.807) is 20.8 Å². The van der Waals surface area contributed by atoms with Crippen molar-refractivity contribution in [3.8, 4) is 0 Å². The molecule has 1 N–H and O–H groups in total. The molecule has 0 heterocycles. The molecule has 0 aromatic heterocycles. The van der Waals surface area contributed by atoms with Gasteiger partial charge in [0, 0.05) is 29.2 Å². The molecule has 0 atom stereocenters. The van der Waals surface area contributed by atoms with Gasteiger partial charge in [-0.05, 0) is 25.1 Å². The number of sulfonamides is 1. The molecule has 0 aliphatic rings. The maximum absolute atomic E-state index is 12.6. The predicted octanol–water partition coefficient (Wildman–Crippen LogP) is 4.22. The Bertz CT molecular complexity index is 1000. The molecule has 0 aliphatic heterocycles. The second-order valence-corrected chi connectivity index (χ2v) is 8.61. The van der Waals surface area contributed by atoms with Gasteiger partial charge < -0.3 is 0 Å². The summed E-state index contributed by atoms with van der Waals surface area (Å²) < 4.78 is 27.3. The first-order valence-electron chi connectivity index (χ1n) is 8.56. The topological polar surface area (TPSA) is 105 Å². The Morgan fingerprint density at radius 1 is 1.21 bits per heavy atom. The molecule has 0 radical (unpaired) electrons. The van der Waals surface area contributed by atoms with Crippen LogP contribution in [0.1, 0.15) is 26.3 Å². The molecule has 2 rings (SSSR count). The second kappa shape index (κ2) is 9.26. The lowest BCUT2D eigenvalue weighted by molar-refractivity contribution is -0.384. The van der Waals surface area contributed by atoms with Crippen molar-refractivity contribution in [1.82, 2.24) is 4.31 Å². The zero-order valence-electron chi connectivity index (χ0n) is 15.7. The number of nitro benzene ring substituents is 1. The molecule has 28 heavy (non-hydrogen) atoms. The van der Waals surface area contributed by atoms with Gasteiger partial charge in [-0.25, -0.2) is 8.42 Å². The molecule has 0 saturated heterocycles. The fourth-order valence-corrected chi connectivity index (χ4v) is 4.64. The van der Waals surface area contributed by atoms with Gasteiger partial charge in [-0.2, -0.15) is 9.41 Å². The number of nitrogens with one attached hydrogen (secondary N) is 1. The molecule has 0 saturated carbocycles. The van der Waals surface area contributed by atoms with Crippen LogP contribution in [-0.2, 0) is 10.0 Å². The Labute approximate surface area is 172 Å². The van der Waals surface area contributed by atoms with Crippen LogP contribution in [0.2, 0.25) is 0 Å². The van der Waals surface area contributed by atoms with Crippen LogP contribution in [0.15, 0.2) is 56.9 Å². The lowest BCUT2D eigenvalue weighted by Gasteiger charge is -2.18. The molecule has 0 bridgehead atoms. The molecule has 150 valence electrons. The average Bonchev–Trinajstić information content (AvgIpc) is 2.67. The first kappa shape index (κ1) is 22.0. The van der Waals surface area contributed by atoms with Gasteiger partial charge >= 0.3 is 0 Å². The number of benzene rings is 2. The number of anilines is 1. The quantitative estimate of drug-likeness (QED) is 0.354. The van der Waals surface area contributed by atoms with E-state index in [2.05, 4.69) is 26.5 Å². The van der Waals surface area contributed by atoms with Crippen molar-refractivity contribution in [3.05, 3.63) is 62.6 Å². The smallest absolute Gasteiger partial charge is 0.271 e. The third-order valence-corrected chi connectivity index (χ3v) is 6.85. The van der Waals surface area contributed by atoms with E-state index in [1.807, 2.05) is 24.3 Å². The highest BCUT2D eigenvalue weighted by atomic mass is 79.9. The molecule has 2 aromatic rings. The predicted molar refractivity (Wildman–Crippen MR) is 113 cm³/mol. The van der Waals surface area contributed by atoms with Crippen molar-refractivity contribution in [2.45, 2.75) is 25.7 Å². The molecule has 0 aliphatic carbocycles. The largest absolute Gasteiger partial charge is 0.295 e. The van der Waals surface area contributed by atoms with Crippen LogP contribution in [0.25, 0.3) is 0 Å². The number of rotatable bonds is 8. The standard InChI is InChI=1S/C18H21BrN4O4S/c1-4-22(5-2)28(26,27)14-10-11-17(18(12-14)23(24)25)21-20-13(3)15-8-6-7-9-16(15)19/h6-12,21H,4-5H2,1-3H3. The Kier molecular flexibility index (Phi) is 7.28. The highest BCUT2D eigenvalue weighted by molar-refractivity contribution is 9.10. The van der Waals surface area contributed by atoms with Crippen LogP contribution in [0.5, 0.6) is 0 Å². The van der Waals surface area contributed by atoms with Crippen LogP contribution >= 0.6 is 15.9 Å². The summed E-state index contributed by atoms with van der Waals surface area (Å²) in [7, 11) is -3.79. The summed E-state index contributed by atoms with van der Waals surface area (Å²) in [6, 6.07) is 11.2. The summed E-state index contributed by atoms with van der Waals surface area (Å²) in [6.07, 6.45) is 0. The van der Waals surface area contributed by atoms with Crippen molar-refractivity contribution in [1.29, 1.82) is 0 Å². The van der Waals surface area contributed by atoms with Gasteiger partial charge in [0.1, 0.15) is 5.69 Å². The summed E-state index contributed by atoms with van der Waals surface area (Å²) in [6.45, 7) is 5.75. The molecule has 0 fully saturated rings. The maximum Gasteiger partial charge on any atom is 0.295 e. The summed E-state index contributed by atoms with van der Waals surface area (Å²) in [5.74, 6) is 0. The molecule has 0 unspecified atom stereocenters. The lowest BCUT2D eigenvalue weighted by Crippen LogP contribution is -2.30. The monoisotopic (exact) mass is 468 g/mol. The van der Waals surface area contributed by atoms with Crippen LogP contribution < -0.4 is 5.43 Å². The Morgan fingerprint density at radius 3 is 2.43 bits per heavy atom. The minimum Gasteiger partial charge on any atom is -0.271 e. The number of nitrogens with zero attached hydrogens (tertiary/aromatic N) is 3. The Hall–Kier alpha value is -2.30. The summed E-state index contributed by atoms with van der Waals surface area (Å²) in [5, 5.41) is 15.7. The highest BCUT2D eigenvalue weighted by Gasteiger charge is 2.25. The number of hydrazone groups is 1. The summed E-state index contributed by atoms with van der Waals surface area (Å²) in [4.78, 5) is 10.7. The molecule has 8 nitrogen and oxygen atoms in total. The zero-order chi connectivity index (χ0) is 20.9. The highest BCUT2D eigenvalue weighted by Crippen LogP contribution is 2.29. The fraction of sp³-hybridized carbons (Fsp3) is 0.278. The van der Waals surface area contributed by atoms with E-state index in [-0.39, 0.29) is 29.4 Å². The second-order valence-electron chi connectivity index (χ2n) is 5.81. The van der Waals surface area contributed by atoms with Crippen LogP contribution in [0, 0.1) is 10.1 Å². The number of hydrogen-bond donors (Lipinski definition) is 1. The maximum atomic E-state index is 12.6. The lowest BCUT2D eigenvalue weighted by atomic mass is 10.1. The summed E-state index contributed by atoms with van der Waals surface area (Å²) in [5.41, 5.74) is 3.86. The van der Waals surface area contributed by atoms with E-state index in [4.69, 9.17) is 0 Å². The van der Waals surface area contributed by atoms with Crippen molar-refractivity contribution >= 4 is 43.0 Å². The van der Waals surface area contributed by atoms with Gasteiger partial charge in [0.2, 0.25) is 10.0 Å². The normalized spacial score (nSPS) is 12.2. The number of halogens is 1. The van der Waals surface area contributed by atoms with Crippen molar-refractivity contribution < 1.29 is 13.3 Å². The van der Waals surface area contributed by atoms with E-state index in [9.17, 15) is 18.5 Å². The average molecular weight is 469 g/mol. The van der Waals surface area contributed by atoms with Crippen molar-refractivity contribution in [3.63, 3.8) is 0 Å². The molecule has 2 aromatic carbocycles. The number of hydrogen-bond acceptors (Lipinski definition) is 6. The van der Waals surface area contributed by atoms with E-state index in [0.29, 0.717) is 5.71 Å². The molecule has 0 spiro atoms. The first-order valence-corrected chi connectivity index (χ1v) is 10.8. The van der Waals surface area contributed by atoms with Crippen LogP contribution in [0.4, 0.5) is 11.4 Å². The van der Waals surface area contributed by atoms with Gasteiger partial charge in [0.15, 0.2) is 0 Å². The van der Waals surface area contributed by atoms with E-state index in [1.165, 1.54) is 16.4 Å². The molecule has 0 amide bonds. The third kappa shape index (κ3) is 4.75. The van der Waals surface area contributed by atoms with E-state index in [0.717, 1.165) is 16.1 Å². The Morgan fingerprint density at radius 2 is 1.86 bits per heavy atom. The van der Waals surface area contributed by atoms with Gasteiger partial charge in [-0.1, -0.05) is 48.0 Å². The SMILES string of the molecule is CCN(CC)S(=O)(=O)c1ccc(NN=C(C)c2ccccc2Br)c([N+](=O)[O-])c1. The fourth-order valence-electron chi connectivity index (χ4n) is 2.59. The third-order valence-electron chi connectivity index (χ3n) is 4.12. The Balaban J connectivity index is 2.40. The van der Waals surface area contributed by atoms with Gasteiger partial charge in [0.25, 0.3) is 5.69 Å². The van der Waals surface area contributed by atoms with Gasteiger partial charge in [-0.3, -0.25) is 15.5 Å². The minimum atomic E-state index is -3.79. The molecule has 10 heteroatoms. The molecular formula is C18H21BrN4O4S. The van der Waals surface area contributed by atoms with E-state index < -0.39 is 14.9 Å². The van der Waals surface area contributed by atoms with Gasteiger partial charge in [-0.15, -0.1) is 0 Å². The molecular weight excluding hydrogens is 448 g/mol. The van der Waals surface area contributed by atoms with E-state index >= 15 is 0 Å². The minimum absolute atomic E-state index is 0.106. The first-order chi connectivity index (χ1) is 13.2. The number of nitro groups is 1.